The Morgan fingerprint density at radius 2 is 1.65 bits per heavy atom. The first-order chi connectivity index (χ1) is 9.65. The van der Waals surface area contributed by atoms with E-state index >= 15 is 0 Å². The van der Waals surface area contributed by atoms with Crippen LogP contribution in [0.2, 0.25) is 5.02 Å². The molecule has 2 heteroatoms. The van der Waals surface area contributed by atoms with Crippen molar-refractivity contribution in [2.24, 2.45) is 0 Å². The van der Waals surface area contributed by atoms with Gasteiger partial charge in [0.05, 0.1) is 6.04 Å². The van der Waals surface area contributed by atoms with Crippen LogP contribution in [0.4, 0.5) is 0 Å². The molecule has 0 heterocycles. The predicted molar refractivity (Wildman–Crippen MR) is 87.5 cm³/mol. The van der Waals surface area contributed by atoms with Crippen molar-refractivity contribution in [3.05, 3.63) is 69.7 Å². The van der Waals surface area contributed by atoms with Gasteiger partial charge >= 0.3 is 0 Å². The number of aryl methyl sites for hydroxylation is 2. The van der Waals surface area contributed by atoms with Crippen molar-refractivity contribution >= 4 is 11.6 Å². The molecular weight excluding hydrogens is 266 g/mol. The summed E-state index contributed by atoms with van der Waals surface area (Å²) in [5, 5.41) is 4.38. The van der Waals surface area contributed by atoms with E-state index in [1.807, 2.05) is 6.07 Å². The third-order valence-electron chi connectivity index (χ3n) is 3.64. The number of hydrogen-bond acceptors (Lipinski definition) is 1. The van der Waals surface area contributed by atoms with E-state index < -0.39 is 0 Å². The van der Waals surface area contributed by atoms with Crippen LogP contribution in [0.15, 0.2) is 42.5 Å². The minimum absolute atomic E-state index is 0.224. The molecule has 0 spiro atoms. The Hall–Kier alpha value is -1.31. The lowest BCUT2D eigenvalue weighted by Crippen LogP contribution is -2.22. The van der Waals surface area contributed by atoms with Crippen LogP contribution in [-0.2, 0) is 6.42 Å². The van der Waals surface area contributed by atoms with Crippen LogP contribution in [0.25, 0.3) is 0 Å². The summed E-state index contributed by atoms with van der Waals surface area (Å²) < 4.78 is 0. The number of benzene rings is 2. The van der Waals surface area contributed by atoms with Gasteiger partial charge in [-0.05, 0) is 48.2 Å². The van der Waals surface area contributed by atoms with E-state index in [4.69, 9.17) is 11.6 Å². The predicted octanol–water partition coefficient (Wildman–Crippen LogP) is 4.91. The van der Waals surface area contributed by atoms with E-state index in [0.717, 1.165) is 23.6 Å². The van der Waals surface area contributed by atoms with Gasteiger partial charge < -0.3 is 5.32 Å². The smallest absolute Gasteiger partial charge is 0.0576 e. The van der Waals surface area contributed by atoms with Crippen molar-refractivity contribution in [2.45, 2.75) is 33.2 Å². The van der Waals surface area contributed by atoms with E-state index in [1.165, 1.54) is 16.7 Å². The normalized spacial score (nSPS) is 12.4. The summed E-state index contributed by atoms with van der Waals surface area (Å²) in [4.78, 5) is 0. The molecule has 0 aromatic heterocycles. The van der Waals surface area contributed by atoms with Gasteiger partial charge in [-0.1, -0.05) is 61.8 Å². The summed E-state index contributed by atoms with van der Waals surface area (Å²) in [6, 6.07) is 15.3. The topological polar surface area (TPSA) is 12.0 Å². The second-order valence-electron chi connectivity index (χ2n) is 5.09. The van der Waals surface area contributed by atoms with E-state index in [0.29, 0.717) is 0 Å². The summed E-state index contributed by atoms with van der Waals surface area (Å²) in [6.45, 7) is 7.30. The van der Waals surface area contributed by atoms with Crippen molar-refractivity contribution in [2.75, 3.05) is 6.54 Å². The summed E-state index contributed by atoms with van der Waals surface area (Å²) in [7, 11) is 0. The molecule has 0 saturated carbocycles. The maximum Gasteiger partial charge on any atom is 0.0576 e. The molecule has 0 fully saturated rings. The molecular formula is C18H22ClN. The zero-order valence-corrected chi connectivity index (χ0v) is 13.2. The van der Waals surface area contributed by atoms with Gasteiger partial charge in [0, 0.05) is 5.02 Å². The fourth-order valence-electron chi connectivity index (χ4n) is 2.43. The molecule has 2 aromatic carbocycles. The maximum atomic E-state index is 6.13. The molecule has 1 unspecified atom stereocenters. The molecule has 1 nitrogen and oxygen atoms in total. The van der Waals surface area contributed by atoms with Crippen molar-refractivity contribution in [1.29, 1.82) is 0 Å². The first-order valence-corrected chi connectivity index (χ1v) is 7.61. The molecule has 1 atom stereocenters. The summed E-state index contributed by atoms with van der Waals surface area (Å²) >= 11 is 6.13. The summed E-state index contributed by atoms with van der Waals surface area (Å²) in [6.07, 6.45) is 1.08. The van der Waals surface area contributed by atoms with Crippen LogP contribution in [0.3, 0.4) is 0 Å². The molecule has 0 radical (unpaired) electrons. The Morgan fingerprint density at radius 1 is 1.00 bits per heavy atom. The highest BCUT2D eigenvalue weighted by molar-refractivity contribution is 6.31. The zero-order valence-electron chi connectivity index (χ0n) is 12.4. The first kappa shape index (κ1) is 15.1. The molecule has 0 aliphatic rings. The van der Waals surface area contributed by atoms with E-state index in [9.17, 15) is 0 Å². The number of rotatable bonds is 5. The van der Waals surface area contributed by atoms with Gasteiger partial charge in [0.25, 0.3) is 0 Å². The molecule has 0 bridgehead atoms. The Kier molecular flexibility index (Phi) is 5.22. The number of nitrogens with one attached hydrogen (secondary N) is 1. The SMILES string of the molecule is CCNC(c1ccc(CC)cc1)c1ccc(Cl)c(C)c1. The molecule has 0 aliphatic heterocycles. The molecule has 0 aliphatic carbocycles. The highest BCUT2D eigenvalue weighted by Crippen LogP contribution is 2.26. The Morgan fingerprint density at radius 3 is 2.20 bits per heavy atom. The standard InChI is InChI=1S/C18H22ClN/c1-4-14-6-8-15(9-7-14)18(20-5-2)16-10-11-17(19)13(3)12-16/h6-12,18,20H,4-5H2,1-3H3. The van der Waals surface area contributed by atoms with Crippen LogP contribution in [0.1, 0.15) is 42.1 Å². The molecule has 2 rings (SSSR count). The van der Waals surface area contributed by atoms with Gasteiger partial charge in [-0.15, -0.1) is 0 Å². The highest BCUT2D eigenvalue weighted by Gasteiger charge is 2.13. The average molecular weight is 288 g/mol. The van der Waals surface area contributed by atoms with Crippen molar-refractivity contribution < 1.29 is 0 Å². The van der Waals surface area contributed by atoms with Gasteiger partial charge in [-0.25, -0.2) is 0 Å². The average Bonchev–Trinajstić information content (AvgIpc) is 2.48. The van der Waals surface area contributed by atoms with Gasteiger partial charge in [0.1, 0.15) is 0 Å². The monoisotopic (exact) mass is 287 g/mol. The minimum atomic E-state index is 0.224. The molecule has 106 valence electrons. The van der Waals surface area contributed by atoms with Crippen LogP contribution < -0.4 is 5.32 Å². The largest absolute Gasteiger partial charge is 0.307 e. The number of hydrogen-bond donors (Lipinski definition) is 1. The van der Waals surface area contributed by atoms with Gasteiger partial charge in [-0.3, -0.25) is 0 Å². The van der Waals surface area contributed by atoms with Crippen molar-refractivity contribution in [1.82, 2.24) is 5.32 Å². The second-order valence-corrected chi connectivity index (χ2v) is 5.50. The van der Waals surface area contributed by atoms with Gasteiger partial charge in [-0.2, -0.15) is 0 Å². The van der Waals surface area contributed by atoms with Crippen LogP contribution in [0, 0.1) is 6.92 Å². The summed E-state index contributed by atoms with van der Waals surface area (Å²) in [5.74, 6) is 0. The lowest BCUT2D eigenvalue weighted by atomic mass is 9.96. The van der Waals surface area contributed by atoms with Gasteiger partial charge in [0.2, 0.25) is 0 Å². The lowest BCUT2D eigenvalue weighted by Gasteiger charge is -2.20. The van der Waals surface area contributed by atoms with Crippen LogP contribution >= 0.6 is 11.6 Å². The Balaban J connectivity index is 2.35. The fraction of sp³-hybridized carbons (Fsp3) is 0.333. The second kappa shape index (κ2) is 6.92. The minimum Gasteiger partial charge on any atom is -0.307 e. The van der Waals surface area contributed by atoms with E-state index in [2.05, 4.69) is 62.5 Å². The fourth-order valence-corrected chi connectivity index (χ4v) is 2.54. The van der Waals surface area contributed by atoms with E-state index in [1.54, 1.807) is 0 Å². The summed E-state index contributed by atoms with van der Waals surface area (Å²) in [5.41, 5.74) is 5.05. The molecule has 0 saturated heterocycles. The lowest BCUT2D eigenvalue weighted by molar-refractivity contribution is 0.630. The van der Waals surface area contributed by atoms with Crippen LogP contribution in [-0.4, -0.2) is 6.54 Å². The van der Waals surface area contributed by atoms with Gasteiger partial charge in [0.15, 0.2) is 0 Å². The van der Waals surface area contributed by atoms with Crippen molar-refractivity contribution in [3.8, 4) is 0 Å². The third-order valence-corrected chi connectivity index (χ3v) is 4.07. The quantitative estimate of drug-likeness (QED) is 0.824. The van der Waals surface area contributed by atoms with Crippen LogP contribution in [0.5, 0.6) is 0 Å². The van der Waals surface area contributed by atoms with Crippen molar-refractivity contribution in [3.63, 3.8) is 0 Å². The first-order valence-electron chi connectivity index (χ1n) is 7.24. The molecule has 1 N–H and O–H groups in total. The molecule has 0 amide bonds. The highest BCUT2D eigenvalue weighted by atomic mass is 35.5. The maximum absolute atomic E-state index is 6.13. The molecule has 20 heavy (non-hydrogen) atoms. The Labute approximate surface area is 127 Å². The molecule has 2 aromatic rings. The third kappa shape index (κ3) is 3.41. The van der Waals surface area contributed by atoms with E-state index in [-0.39, 0.29) is 6.04 Å². The Bertz CT molecular complexity index is 560. The zero-order chi connectivity index (χ0) is 14.5. The number of halogens is 1.